The van der Waals surface area contributed by atoms with Crippen molar-refractivity contribution in [2.45, 2.75) is 20.0 Å². The third-order valence-electron chi connectivity index (χ3n) is 2.15. The van der Waals surface area contributed by atoms with Gasteiger partial charge in [0.2, 0.25) is 0 Å². The highest BCUT2D eigenvalue weighted by molar-refractivity contribution is 5.92. The van der Waals surface area contributed by atoms with Crippen molar-refractivity contribution in [1.82, 2.24) is 0 Å². The van der Waals surface area contributed by atoms with E-state index in [-0.39, 0.29) is 0 Å². The Balaban J connectivity index is 2.79. The van der Waals surface area contributed by atoms with Crippen LogP contribution in [0.3, 0.4) is 0 Å². The van der Waals surface area contributed by atoms with Crippen LogP contribution in [0, 0.1) is 6.92 Å². The Labute approximate surface area is 99.5 Å². The number of benzene rings is 1. The van der Waals surface area contributed by atoms with Crippen LogP contribution in [0.5, 0.6) is 0 Å². The molecule has 0 spiro atoms. The summed E-state index contributed by atoms with van der Waals surface area (Å²) in [5.74, 6) is -1.20. The normalized spacial score (nSPS) is 11.7. The highest BCUT2D eigenvalue weighted by Crippen LogP contribution is 2.13. The van der Waals surface area contributed by atoms with Crippen LogP contribution in [-0.4, -0.2) is 25.2 Å². The molecule has 1 unspecified atom stereocenters. The van der Waals surface area contributed by atoms with Crippen LogP contribution < -0.4 is 5.73 Å². The van der Waals surface area contributed by atoms with Gasteiger partial charge in [-0.3, -0.25) is 0 Å². The number of aryl methyl sites for hydroxylation is 1. The van der Waals surface area contributed by atoms with Crippen LogP contribution >= 0.6 is 0 Å². The number of carbonyl (C=O) groups excluding carboxylic acids is 2. The first kappa shape index (κ1) is 13.0. The second kappa shape index (κ2) is 5.34. The molecule has 92 valence electrons. The molecule has 0 aliphatic carbocycles. The lowest BCUT2D eigenvalue weighted by atomic mass is 10.1. The monoisotopic (exact) mass is 237 g/mol. The average Bonchev–Trinajstić information content (AvgIpc) is 2.26. The van der Waals surface area contributed by atoms with Gasteiger partial charge in [-0.1, -0.05) is 0 Å². The smallest absolute Gasteiger partial charge is 0.346 e. The molecule has 2 N–H and O–H groups in total. The van der Waals surface area contributed by atoms with Gasteiger partial charge in [0, 0.05) is 5.69 Å². The van der Waals surface area contributed by atoms with Crippen LogP contribution in [0.2, 0.25) is 0 Å². The zero-order valence-electron chi connectivity index (χ0n) is 10.0. The maximum absolute atomic E-state index is 11.7. The third-order valence-corrected chi connectivity index (χ3v) is 2.15. The van der Waals surface area contributed by atoms with Gasteiger partial charge < -0.3 is 15.2 Å². The van der Waals surface area contributed by atoms with Crippen molar-refractivity contribution in [1.29, 1.82) is 0 Å². The van der Waals surface area contributed by atoms with E-state index in [1.807, 2.05) is 6.92 Å². The molecule has 0 aliphatic rings. The Bertz CT molecular complexity index is 422. The molecule has 0 heterocycles. The van der Waals surface area contributed by atoms with Crippen molar-refractivity contribution in [2.24, 2.45) is 0 Å². The number of rotatable bonds is 3. The molecule has 1 aromatic carbocycles. The predicted octanol–water partition coefficient (Wildman–Crippen LogP) is 1.30. The molecular weight excluding hydrogens is 222 g/mol. The van der Waals surface area contributed by atoms with Crippen molar-refractivity contribution in [2.75, 3.05) is 12.8 Å². The van der Waals surface area contributed by atoms with Crippen molar-refractivity contribution in [3.8, 4) is 0 Å². The summed E-state index contributed by atoms with van der Waals surface area (Å²) >= 11 is 0. The van der Waals surface area contributed by atoms with Gasteiger partial charge in [-0.2, -0.15) is 0 Å². The number of ether oxygens (including phenoxy) is 2. The molecule has 0 saturated carbocycles. The fraction of sp³-hybridized carbons (Fsp3) is 0.333. The lowest BCUT2D eigenvalue weighted by Gasteiger charge is -2.11. The van der Waals surface area contributed by atoms with E-state index < -0.39 is 18.0 Å². The van der Waals surface area contributed by atoms with Gasteiger partial charge in [0.15, 0.2) is 6.10 Å². The lowest BCUT2D eigenvalue weighted by Crippen LogP contribution is -2.25. The van der Waals surface area contributed by atoms with Gasteiger partial charge in [0.25, 0.3) is 0 Å². The summed E-state index contributed by atoms with van der Waals surface area (Å²) in [6, 6.07) is 4.88. The number of methoxy groups -OCH3 is 1. The Hall–Kier alpha value is -2.04. The zero-order chi connectivity index (χ0) is 13.0. The lowest BCUT2D eigenvalue weighted by molar-refractivity contribution is -0.149. The Morgan fingerprint density at radius 1 is 1.29 bits per heavy atom. The topological polar surface area (TPSA) is 78.6 Å². The number of anilines is 1. The van der Waals surface area contributed by atoms with Crippen LogP contribution in [0.15, 0.2) is 18.2 Å². The minimum atomic E-state index is -0.936. The van der Waals surface area contributed by atoms with Crippen LogP contribution in [0.1, 0.15) is 22.8 Å². The van der Waals surface area contributed by atoms with Gasteiger partial charge in [0.1, 0.15) is 0 Å². The number of nitrogens with two attached hydrogens (primary N) is 1. The summed E-state index contributed by atoms with van der Waals surface area (Å²) in [6.07, 6.45) is -0.936. The van der Waals surface area contributed by atoms with Gasteiger partial charge in [0.05, 0.1) is 12.7 Å². The van der Waals surface area contributed by atoms with Crippen molar-refractivity contribution in [3.63, 3.8) is 0 Å². The molecule has 17 heavy (non-hydrogen) atoms. The largest absolute Gasteiger partial charge is 0.466 e. The van der Waals surface area contributed by atoms with Gasteiger partial charge >= 0.3 is 11.9 Å². The second-order valence-electron chi connectivity index (χ2n) is 3.70. The maximum atomic E-state index is 11.7. The quantitative estimate of drug-likeness (QED) is 0.633. The van der Waals surface area contributed by atoms with Gasteiger partial charge in [-0.15, -0.1) is 0 Å². The first-order chi connectivity index (χ1) is 7.93. The Kier molecular flexibility index (Phi) is 4.09. The molecule has 1 rings (SSSR count). The molecule has 0 radical (unpaired) electrons. The average molecular weight is 237 g/mol. The molecule has 0 bridgehead atoms. The molecule has 0 fully saturated rings. The van der Waals surface area contributed by atoms with E-state index in [0.717, 1.165) is 5.56 Å². The van der Waals surface area contributed by atoms with Gasteiger partial charge in [-0.25, -0.2) is 9.59 Å². The van der Waals surface area contributed by atoms with Gasteiger partial charge in [-0.05, 0) is 37.6 Å². The van der Waals surface area contributed by atoms with E-state index in [2.05, 4.69) is 4.74 Å². The van der Waals surface area contributed by atoms with E-state index in [1.165, 1.54) is 20.1 Å². The van der Waals surface area contributed by atoms with Crippen LogP contribution in [0.4, 0.5) is 5.69 Å². The number of nitrogen functional groups attached to an aromatic ring is 1. The summed E-state index contributed by atoms with van der Waals surface area (Å²) in [5.41, 5.74) is 7.26. The fourth-order valence-electron chi connectivity index (χ4n) is 1.37. The van der Waals surface area contributed by atoms with Crippen molar-refractivity contribution in [3.05, 3.63) is 29.3 Å². The van der Waals surface area contributed by atoms with Crippen molar-refractivity contribution >= 4 is 17.6 Å². The fourth-order valence-corrected chi connectivity index (χ4v) is 1.37. The molecule has 5 heteroatoms. The molecule has 5 nitrogen and oxygen atoms in total. The number of carbonyl (C=O) groups is 2. The Morgan fingerprint density at radius 3 is 2.47 bits per heavy atom. The van der Waals surface area contributed by atoms with E-state index >= 15 is 0 Å². The third kappa shape index (κ3) is 3.48. The highest BCUT2D eigenvalue weighted by atomic mass is 16.6. The summed E-state index contributed by atoms with van der Waals surface area (Å²) in [4.78, 5) is 22.8. The Morgan fingerprint density at radius 2 is 1.94 bits per heavy atom. The van der Waals surface area contributed by atoms with E-state index in [1.54, 1.807) is 12.1 Å². The number of hydrogen-bond donors (Lipinski definition) is 1. The predicted molar refractivity (Wildman–Crippen MR) is 62.5 cm³/mol. The molecule has 1 atom stereocenters. The highest BCUT2D eigenvalue weighted by Gasteiger charge is 2.19. The van der Waals surface area contributed by atoms with E-state index in [4.69, 9.17) is 10.5 Å². The van der Waals surface area contributed by atoms with Crippen LogP contribution in [0.25, 0.3) is 0 Å². The molecule has 1 aromatic rings. The first-order valence-electron chi connectivity index (χ1n) is 5.10. The number of esters is 2. The number of hydrogen-bond acceptors (Lipinski definition) is 5. The second-order valence-corrected chi connectivity index (χ2v) is 3.70. The SMILES string of the molecule is COC(=O)C(C)OC(=O)c1cc(C)cc(N)c1. The van der Waals surface area contributed by atoms with E-state index in [9.17, 15) is 9.59 Å². The summed E-state index contributed by atoms with van der Waals surface area (Å²) < 4.78 is 9.39. The molecule has 0 saturated heterocycles. The minimum absolute atomic E-state index is 0.318. The molecule has 0 aliphatic heterocycles. The summed E-state index contributed by atoms with van der Waals surface area (Å²) in [6.45, 7) is 3.26. The minimum Gasteiger partial charge on any atom is -0.466 e. The van der Waals surface area contributed by atoms with Crippen LogP contribution in [-0.2, 0) is 14.3 Å². The summed E-state index contributed by atoms with van der Waals surface area (Å²) in [7, 11) is 1.23. The molecule has 0 aromatic heterocycles. The molecular formula is C12H15NO4. The van der Waals surface area contributed by atoms with Crippen molar-refractivity contribution < 1.29 is 19.1 Å². The molecule has 0 amide bonds. The maximum Gasteiger partial charge on any atom is 0.346 e. The summed E-state index contributed by atoms with van der Waals surface area (Å²) in [5, 5.41) is 0. The first-order valence-corrected chi connectivity index (χ1v) is 5.10. The standard InChI is InChI=1S/C12H15NO4/c1-7-4-9(6-10(13)5-7)12(15)17-8(2)11(14)16-3/h4-6,8H,13H2,1-3H3. The zero-order valence-corrected chi connectivity index (χ0v) is 10.0. The van der Waals surface area contributed by atoms with E-state index in [0.29, 0.717) is 11.3 Å².